The van der Waals surface area contributed by atoms with E-state index in [9.17, 15) is 9.18 Å². The van der Waals surface area contributed by atoms with Gasteiger partial charge >= 0.3 is 0 Å². The summed E-state index contributed by atoms with van der Waals surface area (Å²) in [5.41, 5.74) is 6.04. The minimum Gasteiger partial charge on any atom is -0.368 e. The van der Waals surface area contributed by atoms with Gasteiger partial charge in [0.25, 0.3) is 0 Å². The van der Waals surface area contributed by atoms with Crippen molar-refractivity contribution in [1.29, 1.82) is 0 Å². The lowest BCUT2D eigenvalue weighted by Crippen LogP contribution is -2.49. The van der Waals surface area contributed by atoms with E-state index in [1.807, 2.05) is 4.90 Å². The second kappa shape index (κ2) is 7.26. The van der Waals surface area contributed by atoms with Gasteiger partial charge < -0.3 is 9.80 Å². The molecule has 1 saturated heterocycles. The fourth-order valence-corrected chi connectivity index (χ4v) is 3.74. The van der Waals surface area contributed by atoms with Crippen LogP contribution in [0.25, 0.3) is 0 Å². The highest BCUT2D eigenvalue weighted by atomic mass is 19.1. The van der Waals surface area contributed by atoms with Gasteiger partial charge in [0, 0.05) is 31.9 Å². The first kappa shape index (κ1) is 17.5. The Balaban J connectivity index is 1.62. The summed E-state index contributed by atoms with van der Waals surface area (Å²) in [6.07, 6.45) is 0.336. The normalized spacial score (nSPS) is 14.7. The Kier molecular flexibility index (Phi) is 5.07. The van der Waals surface area contributed by atoms with E-state index in [2.05, 4.69) is 37.8 Å². The standard InChI is InChI=1S/C21H25FN2O/c1-15-12-16(2)21(17(3)13-15)24-10-8-23(9-11-24)20(25)14-18-4-6-19(22)7-5-18/h4-7,12-13H,8-11,14H2,1-3H3. The average molecular weight is 340 g/mol. The van der Waals surface area contributed by atoms with E-state index in [1.54, 1.807) is 12.1 Å². The van der Waals surface area contributed by atoms with Crippen molar-refractivity contribution in [2.75, 3.05) is 31.1 Å². The van der Waals surface area contributed by atoms with Crippen molar-refractivity contribution >= 4 is 11.6 Å². The zero-order valence-corrected chi connectivity index (χ0v) is 15.2. The first-order chi connectivity index (χ1) is 11.9. The van der Waals surface area contributed by atoms with E-state index in [0.717, 1.165) is 31.7 Å². The first-order valence-corrected chi connectivity index (χ1v) is 8.79. The van der Waals surface area contributed by atoms with Gasteiger partial charge in [-0.15, -0.1) is 0 Å². The lowest BCUT2D eigenvalue weighted by Gasteiger charge is -2.37. The number of halogens is 1. The molecule has 3 nitrogen and oxygen atoms in total. The van der Waals surface area contributed by atoms with Gasteiger partial charge in [0.05, 0.1) is 6.42 Å². The minimum atomic E-state index is -0.270. The summed E-state index contributed by atoms with van der Waals surface area (Å²) in [6, 6.07) is 10.6. The molecule has 0 radical (unpaired) electrons. The molecule has 2 aromatic carbocycles. The van der Waals surface area contributed by atoms with Gasteiger partial charge in [-0.25, -0.2) is 4.39 Å². The minimum absolute atomic E-state index is 0.114. The maximum absolute atomic E-state index is 13.0. The number of rotatable bonds is 3. The maximum Gasteiger partial charge on any atom is 0.227 e. The van der Waals surface area contributed by atoms with Crippen molar-refractivity contribution in [3.8, 4) is 0 Å². The number of aryl methyl sites for hydroxylation is 3. The number of hydrogen-bond acceptors (Lipinski definition) is 2. The number of nitrogens with zero attached hydrogens (tertiary/aromatic N) is 2. The Hall–Kier alpha value is -2.36. The van der Waals surface area contributed by atoms with Crippen LogP contribution in [0.1, 0.15) is 22.3 Å². The van der Waals surface area contributed by atoms with E-state index < -0.39 is 0 Å². The van der Waals surface area contributed by atoms with Gasteiger partial charge in [-0.2, -0.15) is 0 Å². The van der Waals surface area contributed by atoms with Gasteiger partial charge in [-0.1, -0.05) is 29.8 Å². The third-order valence-electron chi connectivity index (χ3n) is 4.85. The second-order valence-corrected chi connectivity index (χ2v) is 6.92. The van der Waals surface area contributed by atoms with Crippen LogP contribution in [0.5, 0.6) is 0 Å². The molecule has 1 aliphatic rings. The smallest absolute Gasteiger partial charge is 0.227 e. The number of piperazine rings is 1. The van der Waals surface area contributed by atoms with Crippen LogP contribution in [0, 0.1) is 26.6 Å². The molecule has 1 amide bonds. The molecule has 25 heavy (non-hydrogen) atoms. The molecule has 1 fully saturated rings. The largest absolute Gasteiger partial charge is 0.368 e. The van der Waals surface area contributed by atoms with Crippen molar-refractivity contribution in [1.82, 2.24) is 4.90 Å². The van der Waals surface area contributed by atoms with Gasteiger partial charge in [0.1, 0.15) is 5.82 Å². The number of carbonyl (C=O) groups excluding carboxylic acids is 1. The molecule has 0 aromatic heterocycles. The molecule has 0 spiro atoms. The molecular formula is C21H25FN2O. The van der Waals surface area contributed by atoms with Crippen molar-refractivity contribution in [2.24, 2.45) is 0 Å². The Morgan fingerprint density at radius 3 is 2.08 bits per heavy atom. The summed E-state index contributed by atoms with van der Waals surface area (Å²) in [4.78, 5) is 16.8. The Morgan fingerprint density at radius 1 is 0.960 bits per heavy atom. The molecule has 3 rings (SSSR count). The van der Waals surface area contributed by atoms with Crippen molar-refractivity contribution < 1.29 is 9.18 Å². The van der Waals surface area contributed by atoms with Gasteiger partial charge in [0.15, 0.2) is 0 Å². The monoisotopic (exact) mass is 340 g/mol. The van der Waals surface area contributed by atoms with E-state index in [0.29, 0.717) is 6.42 Å². The molecule has 0 saturated carbocycles. The van der Waals surface area contributed by atoms with Crippen LogP contribution in [-0.2, 0) is 11.2 Å². The average Bonchev–Trinajstić information content (AvgIpc) is 2.56. The molecule has 0 aliphatic carbocycles. The van der Waals surface area contributed by atoms with E-state index in [4.69, 9.17) is 0 Å². The third kappa shape index (κ3) is 4.01. The van der Waals surface area contributed by atoms with E-state index in [1.165, 1.54) is 34.5 Å². The number of amides is 1. The lowest BCUT2D eigenvalue weighted by molar-refractivity contribution is -0.130. The SMILES string of the molecule is Cc1cc(C)c(N2CCN(C(=O)Cc3ccc(F)cc3)CC2)c(C)c1. The summed E-state index contributed by atoms with van der Waals surface area (Å²) in [5, 5.41) is 0. The van der Waals surface area contributed by atoms with Gasteiger partial charge in [0.2, 0.25) is 5.91 Å². The van der Waals surface area contributed by atoms with Crippen molar-refractivity contribution in [3.05, 3.63) is 64.5 Å². The van der Waals surface area contributed by atoms with Crippen LogP contribution in [0.4, 0.5) is 10.1 Å². The molecule has 0 N–H and O–H groups in total. The molecule has 4 heteroatoms. The molecule has 0 bridgehead atoms. The summed E-state index contributed by atoms with van der Waals surface area (Å²) < 4.78 is 13.0. The van der Waals surface area contributed by atoms with Crippen LogP contribution in [0.2, 0.25) is 0 Å². The zero-order chi connectivity index (χ0) is 18.0. The Bertz CT molecular complexity index is 739. The summed E-state index contributed by atoms with van der Waals surface area (Å²) in [5.74, 6) is -0.155. The Morgan fingerprint density at radius 2 is 1.52 bits per heavy atom. The number of hydrogen-bond donors (Lipinski definition) is 0. The van der Waals surface area contributed by atoms with Crippen LogP contribution in [0.3, 0.4) is 0 Å². The van der Waals surface area contributed by atoms with Crippen LogP contribution >= 0.6 is 0 Å². The summed E-state index contributed by atoms with van der Waals surface area (Å²) in [7, 11) is 0. The predicted molar refractivity (Wildman–Crippen MR) is 99.6 cm³/mol. The van der Waals surface area contributed by atoms with Gasteiger partial charge in [-0.05, 0) is 49.6 Å². The molecule has 132 valence electrons. The maximum atomic E-state index is 13.0. The fraction of sp³-hybridized carbons (Fsp3) is 0.381. The van der Waals surface area contributed by atoms with Crippen LogP contribution in [0.15, 0.2) is 36.4 Å². The van der Waals surface area contributed by atoms with Crippen molar-refractivity contribution in [3.63, 3.8) is 0 Å². The van der Waals surface area contributed by atoms with E-state index >= 15 is 0 Å². The third-order valence-corrected chi connectivity index (χ3v) is 4.85. The number of anilines is 1. The first-order valence-electron chi connectivity index (χ1n) is 8.79. The van der Waals surface area contributed by atoms with Crippen LogP contribution in [-0.4, -0.2) is 37.0 Å². The molecule has 2 aromatic rings. The number of benzene rings is 2. The summed E-state index contributed by atoms with van der Waals surface area (Å²) >= 11 is 0. The molecule has 0 unspecified atom stereocenters. The molecule has 0 atom stereocenters. The quantitative estimate of drug-likeness (QED) is 0.852. The summed E-state index contributed by atoms with van der Waals surface area (Å²) in [6.45, 7) is 9.58. The fourth-order valence-electron chi connectivity index (χ4n) is 3.74. The van der Waals surface area contributed by atoms with Crippen molar-refractivity contribution in [2.45, 2.75) is 27.2 Å². The topological polar surface area (TPSA) is 23.6 Å². The predicted octanol–water partition coefficient (Wildman–Crippen LogP) is 3.64. The highest BCUT2D eigenvalue weighted by molar-refractivity contribution is 5.79. The van der Waals surface area contributed by atoms with E-state index in [-0.39, 0.29) is 11.7 Å². The highest BCUT2D eigenvalue weighted by Crippen LogP contribution is 2.27. The molecular weight excluding hydrogens is 315 g/mol. The number of carbonyl (C=O) groups is 1. The van der Waals surface area contributed by atoms with Crippen LogP contribution < -0.4 is 4.90 Å². The lowest BCUT2D eigenvalue weighted by atomic mass is 10.0. The van der Waals surface area contributed by atoms with Gasteiger partial charge in [-0.3, -0.25) is 4.79 Å². The highest BCUT2D eigenvalue weighted by Gasteiger charge is 2.23. The molecule has 1 aliphatic heterocycles. The zero-order valence-electron chi connectivity index (χ0n) is 15.2. The second-order valence-electron chi connectivity index (χ2n) is 6.92. The Labute approximate surface area is 149 Å². The molecule has 1 heterocycles.